The maximum atomic E-state index is 12.4. The Kier molecular flexibility index (Phi) is 4.17. The number of benzene rings is 2. The van der Waals surface area contributed by atoms with E-state index in [-0.39, 0.29) is 0 Å². The quantitative estimate of drug-likeness (QED) is 0.557. The van der Waals surface area contributed by atoms with Gasteiger partial charge in [0.2, 0.25) is 0 Å². The number of Topliss-reactive ketones (excluding diaryl/α,β-unsaturated/α-hetero) is 1. The number of hydrogen-bond acceptors (Lipinski definition) is 2. The lowest BCUT2D eigenvalue weighted by atomic mass is 10.1. The summed E-state index contributed by atoms with van der Waals surface area (Å²) in [6.45, 7) is 2.06. The predicted octanol–water partition coefficient (Wildman–Crippen LogP) is 4.21. The second-order valence-electron chi connectivity index (χ2n) is 5.23. The predicted molar refractivity (Wildman–Crippen MR) is 92.1 cm³/mol. The van der Waals surface area contributed by atoms with E-state index in [2.05, 4.69) is 17.2 Å². The highest BCUT2D eigenvalue weighted by Crippen LogP contribution is 2.22. The number of carbonyl (C=O) groups excluding carboxylic acids is 2. The van der Waals surface area contributed by atoms with Crippen molar-refractivity contribution in [3.63, 3.8) is 0 Å². The number of fused-ring (bicyclic) bond motifs is 1. The molecule has 0 saturated carbocycles. The van der Waals surface area contributed by atoms with Crippen LogP contribution in [0.25, 0.3) is 10.9 Å². The molecule has 3 aromatic rings. The minimum Gasteiger partial charge on any atom is -0.360 e. The minimum absolute atomic E-state index is 0.333. The van der Waals surface area contributed by atoms with Crippen molar-refractivity contribution in [1.29, 1.82) is 0 Å². The van der Waals surface area contributed by atoms with Crippen molar-refractivity contribution in [3.05, 3.63) is 64.8 Å². The molecule has 0 aliphatic carbocycles. The second-order valence-corrected chi connectivity index (χ2v) is 5.66. The number of aryl methyl sites for hydroxylation is 1. The van der Waals surface area contributed by atoms with Gasteiger partial charge in [0.1, 0.15) is 0 Å². The van der Waals surface area contributed by atoms with Gasteiger partial charge in [0.05, 0.1) is 5.56 Å². The van der Waals surface area contributed by atoms with Crippen LogP contribution in [0.3, 0.4) is 0 Å². The molecule has 1 amide bonds. The van der Waals surface area contributed by atoms with Gasteiger partial charge in [0, 0.05) is 27.8 Å². The SMILES string of the molecule is CCc1ccc(NC(=O)C(=O)c2c[nH]c3cc(Cl)ccc23)cc1. The van der Waals surface area contributed by atoms with Crippen LogP contribution in [0.4, 0.5) is 5.69 Å². The number of ketones is 1. The van der Waals surface area contributed by atoms with Gasteiger partial charge in [-0.25, -0.2) is 0 Å². The average molecular weight is 327 g/mol. The molecule has 1 aromatic heterocycles. The van der Waals surface area contributed by atoms with E-state index in [1.807, 2.05) is 12.1 Å². The lowest BCUT2D eigenvalue weighted by Crippen LogP contribution is -2.22. The summed E-state index contributed by atoms with van der Waals surface area (Å²) in [5.41, 5.74) is 2.83. The van der Waals surface area contributed by atoms with Crippen molar-refractivity contribution in [1.82, 2.24) is 4.98 Å². The first-order valence-corrected chi connectivity index (χ1v) is 7.67. The Bertz CT molecular complexity index is 882. The molecule has 0 atom stereocenters. The lowest BCUT2D eigenvalue weighted by Gasteiger charge is -2.05. The number of H-pyrrole nitrogens is 1. The molecule has 4 nitrogen and oxygen atoms in total. The first-order chi connectivity index (χ1) is 11.1. The fraction of sp³-hybridized carbons (Fsp3) is 0.111. The topological polar surface area (TPSA) is 62.0 Å². The summed E-state index contributed by atoms with van der Waals surface area (Å²) in [4.78, 5) is 27.5. The van der Waals surface area contributed by atoms with Gasteiger partial charge in [-0.1, -0.05) is 36.7 Å². The molecule has 23 heavy (non-hydrogen) atoms. The molecule has 0 aliphatic rings. The van der Waals surface area contributed by atoms with Crippen LogP contribution in [0.15, 0.2) is 48.7 Å². The first kappa shape index (κ1) is 15.3. The van der Waals surface area contributed by atoms with E-state index in [4.69, 9.17) is 11.6 Å². The van der Waals surface area contributed by atoms with Gasteiger partial charge in [-0.3, -0.25) is 9.59 Å². The number of halogens is 1. The monoisotopic (exact) mass is 326 g/mol. The van der Waals surface area contributed by atoms with E-state index in [0.717, 1.165) is 11.9 Å². The minimum atomic E-state index is -0.662. The maximum absolute atomic E-state index is 12.4. The third kappa shape index (κ3) is 3.12. The molecular formula is C18H15ClN2O2. The number of hydrogen-bond donors (Lipinski definition) is 2. The average Bonchev–Trinajstić information content (AvgIpc) is 2.97. The zero-order chi connectivity index (χ0) is 16.4. The molecular weight excluding hydrogens is 312 g/mol. The van der Waals surface area contributed by atoms with Crippen LogP contribution < -0.4 is 5.32 Å². The van der Waals surface area contributed by atoms with E-state index in [1.165, 1.54) is 11.8 Å². The van der Waals surface area contributed by atoms with E-state index in [0.29, 0.717) is 21.7 Å². The van der Waals surface area contributed by atoms with Crippen LogP contribution in [-0.4, -0.2) is 16.7 Å². The van der Waals surface area contributed by atoms with Crippen molar-refractivity contribution in [2.45, 2.75) is 13.3 Å². The summed E-state index contributed by atoms with van der Waals surface area (Å²) in [5.74, 6) is -1.25. The van der Waals surface area contributed by atoms with Crippen LogP contribution in [0.5, 0.6) is 0 Å². The highest BCUT2D eigenvalue weighted by Gasteiger charge is 2.20. The maximum Gasteiger partial charge on any atom is 0.296 e. The highest BCUT2D eigenvalue weighted by atomic mass is 35.5. The Morgan fingerprint density at radius 2 is 1.87 bits per heavy atom. The Labute approximate surface area is 138 Å². The number of anilines is 1. The van der Waals surface area contributed by atoms with Gasteiger partial charge in [0.15, 0.2) is 0 Å². The van der Waals surface area contributed by atoms with Crippen molar-refractivity contribution in [2.75, 3.05) is 5.32 Å². The molecule has 0 spiro atoms. The first-order valence-electron chi connectivity index (χ1n) is 7.29. The molecule has 0 saturated heterocycles. The molecule has 0 radical (unpaired) electrons. The standard InChI is InChI=1S/C18H15ClN2O2/c1-2-11-3-6-13(7-4-11)21-18(23)17(22)15-10-20-16-9-12(19)5-8-14(15)16/h3-10,20H,2H2,1H3,(H,21,23). The van der Waals surface area contributed by atoms with E-state index in [1.54, 1.807) is 30.3 Å². The van der Waals surface area contributed by atoms with Crippen LogP contribution in [0, 0.1) is 0 Å². The largest absolute Gasteiger partial charge is 0.360 e. The molecule has 0 unspecified atom stereocenters. The molecule has 2 N–H and O–H groups in total. The third-order valence-electron chi connectivity index (χ3n) is 3.71. The zero-order valence-corrected chi connectivity index (χ0v) is 13.3. The molecule has 2 aromatic carbocycles. The van der Waals surface area contributed by atoms with E-state index in [9.17, 15) is 9.59 Å². The van der Waals surface area contributed by atoms with Crippen molar-refractivity contribution in [2.24, 2.45) is 0 Å². The van der Waals surface area contributed by atoms with Crippen LogP contribution >= 0.6 is 11.6 Å². The number of amides is 1. The van der Waals surface area contributed by atoms with Crippen LogP contribution in [0.2, 0.25) is 5.02 Å². The smallest absolute Gasteiger partial charge is 0.296 e. The van der Waals surface area contributed by atoms with Gasteiger partial charge < -0.3 is 10.3 Å². The highest BCUT2D eigenvalue weighted by molar-refractivity contribution is 6.48. The third-order valence-corrected chi connectivity index (χ3v) is 3.95. The Balaban J connectivity index is 1.82. The number of carbonyl (C=O) groups is 2. The molecule has 5 heteroatoms. The van der Waals surface area contributed by atoms with E-state index < -0.39 is 11.7 Å². The van der Waals surface area contributed by atoms with Crippen LogP contribution in [-0.2, 0) is 11.2 Å². The molecule has 0 aliphatic heterocycles. The summed E-state index contributed by atoms with van der Waals surface area (Å²) in [7, 11) is 0. The number of nitrogens with one attached hydrogen (secondary N) is 2. The van der Waals surface area contributed by atoms with Gasteiger partial charge in [0.25, 0.3) is 11.7 Å². The van der Waals surface area contributed by atoms with Gasteiger partial charge >= 0.3 is 0 Å². The summed E-state index contributed by atoms with van der Waals surface area (Å²) in [5, 5.41) is 3.87. The Morgan fingerprint density at radius 3 is 2.57 bits per heavy atom. The fourth-order valence-electron chi connectivity index (χ4n) is 2.42. The van der Waals surface area contributed by atoms with Gasteiger partial charge in [-0.15, -0.1) is 0 Å². The summed E-state index contributed by atoms with van der Waals surface area (Å²) in [6.07, 6.45) is 2.45. The fourth-order valence-corrected chi connectivity index (χ4v) is 2.59. The summed E-state index contributed by atoms with van der Waals surface area (Å²) < 4.78 is 0. The lowest BCUT2D eigenvalue weighted by molar-refractivity contribution is -0.112. The van der Waals surface area contributed by atoms with Crippen molar-refractivity contribution < 1.29 is 9.59 Å². The number of aromatic nitrogens is 1. The molecule has 3 rings (SSSR count). The Hall–Kier alpha value is -2.59. The zero-order valence-electron chi connectivity index (χ0n) is 12.5. The second kappa shape index (κ2) is 6.26. The molecule has 0 bridgehead atoms. The van der Waals surface area contributed by atoms with Crippen LogP contribution in [0.1, 0.15) is 22.8 Å². The normalized spacial score (nSPS) is 10.7. The molecule has 1 heterocycles. The molecule has 116 valence electrons. The van der Waals surface area contributed by atoms with Gasteiger partial charge in [-0.2, -0.15) is 0 Å². The van der Waals surface area contributed by atoms with Crippen molar-refractivity contribution in [3.8, 4) is 0 Å². The molecule has 0 fully saturated rings. The Morgan fingerprint density at radius 1 is 1.13 bits per heavy atom. The van der Waals surface area contributed by atoms with Gasteiger partial charge in [-0.05, 0) is 36.2 Å². The summed E-state index contributed by atoms with van der Waals surface area (Å²) >= 11 is 5.92. The number of rotatable bonds is 4. The van der Waals surface area contributed by atoms with Crippen molar-refractivity contribution >= 4 is 39.9 Å². The van der Waals surface area contributed by atoms with E-state index >= 15 is 0 Å². The summed E-state index contributed by atoms with van der Waals surface area (Å²) in [6, 6.07) is 12.6. The number of aromatic amines is 1.